The van der Waals surface area contributed by atoms with Crippen molar-refractivity contribution in [1.29, 1.82) is 0 Å². The molecular formula is C12H22N2O4S. The molecule has 0 aromatic heterocycles. The molecule has 3 atom stereocenters. The van der Waals surface area contributed by atoms with Crippen molar-refractivity contribution in [3.8, 4) is 0 Å². The Hall–Kier alpha value is -0.660. The Morgan fingerprint density at radius 2 is 2.00 bits per heavy atom. The summed E-state index contributed by atoms with van der Waals surface area (Å²) in [6.07, 6.45) is 1.42. The Labute approximate surface area is 114 Å². The van der Waals surface area contributed by atoms with Gasteiger partial charge in [0.1, 0.15) is 6.10 Å². The van der Waals surface area contributed by atoms with E-state index in [1.54, 1.807) is 25.3 Å². The number of carbonyl (C=O) groups is 1. The maximum Gasteiger partial charge on any atom is 0.251 e. The summed E-state index contributed by atoms with van der Waals surface area (Å²) >= 11 is 0. The molecule has 0 bridgehead atoms. The molecule has 0 unspecified atom stereocenters. The number of carbonyl (C=O) groups excluding carboxylic acids is 1. The summed E-state index contributed by atoms with van der Waals surface area (Å²) in [5.74, 6) is 0.0891. The van der Waals surface area contributed by atoms with Gasteiger partial charge in [-0.2, -0.15) is 4.31 Å². The lowest BCUT2D eigenvalue weighted by atomic mass is 9.99. The quantitative estimate of drug-likeness (QED) is 0.736. The highest BCUT2D eigenvalue weighted by Gasteiger charge is 2.45. The highest BCUT2D eigenvalue weighted by atomic mass is 32.2. The molecule has 110 valence electrons. The van der Waals surface area contributed by atoms with Crippen LogP contribution in [-0.2, 0) is 19.6 Å². The second kappa shape index (κ2) is 5.38. The molecule has 1 amide bonds. The normalized spacial score (nSPS) is 32.1. The van der Waals surface area contributed by atoms with Crippen LogP contribution in [0.1, 0.15) is 26.2 Å². The average Bonchev–Trinajstić information content (AvgIpc) is 2.81. The summed E-state index contributed by atoms with van der Waals surface area (Å²) in [5, 5.41) is 0. The van der Waals surface area contributed by atoms with Crippen molar-refractivity contribution >= 4 is 15.9 Å². The van der Waals surface area contributed by atoms with Gasteiger partial charge in [0, 0.05) is 20.6 Å². The lowest BCUT2D eigenvalue weighted by molar-refractivity contribution is -0.151. The molecule has 0 aromatic carbocycles. The molecule has 2 rings (SSSR count). The van der Waals surface area contributed by atoms with Gasteiger partial charge >= 0.3 is 0 Å². The molecule has 2 heterocycles. The van der Waals surface area contributed by atoms with E-state index in [-0.39, 0.29) is 23.8 Å². The first-order valence-corrected chi connectivity index (χ1v) is 8.34. The molecule has 0 spiro atoms. The zero-order chi connectivity index (χ0) is 14.2. The maximum atomic E-state index is 12.0. The van der Waals surface area contributed by atoms with Gasteiger partial charge in [-0.15, -0.1) is 0 Å². The van der Waals surface area contributed by atoms with E-state index in [4.69, 9.17) is 4.74 Å². The molecular weight excluding hydrogens is 268 g/mol. The third kappa shape index (κ3) is 2.78. The number of ether oxygens (including phenoxy) is 1. The summed E-state index contributed by atoms with van der Waals surface area (Å²) in [4.78, 5) is 13.4. The van der Waals surface area contributed by atoms with E-state index in [9.17, 15) is 13.2 Å². The third-order valence-electron chi connectivity index (χ3n) is 3.94. The number of sulfonamides is 1. The molecule has 0 N–H and O–H groups in total. The van der Waals surface area contributed by atoms with E-state index >= 15 is 0 Å². The summed E-state index contributed by atoms with van der Waals surface area (Å²) < 4.78 is 31.3. The second-order valence-corrected chi connectivity index (χ2v) is 7.55. The van der Waals surface area contributed by atoms with Crippen LogP contribution in [0.4, 0.5) is 0 Å². The molecule has 0 radical (unpaired) electrons. The second-order valence-electron chi connectivity index (χ2n) is 5.34. The minimum absolute atomic E-state index is 0.0322. The molecule has 19 heavy (non-hydrogen) atoms. The largest absolute Gasteiger partial charge is 0.363 e. The van der Waals surface area contributed by atoms with Crippen LogP contribution in [0.5, 0.6) is 0 Å². The minimum atomic E-state index is -3.16. The highest BCUT2D eigenvalue weighted by molar-refractivity contribution is 7.89. The van der Waals surface area contributed by atoms with Crippen molar-refractivity contribution in [2.45, 2.75) is 44.4 Å². The van der Waals surface area contributed by atoms with Crippen molar-refractivity contribution < 1.29 is 17.9 Å². The Balaban J connectivity index is 2.05. The van der Waals surface area contributed by atoms with Gasteiger partial charge in [0.15, 0.2) is 0 Å². The first-order chi connectivity index (χ1) is 8.86. The van der Waals surface area contributed by atoms with E-state index in [0.29, 0.717) is 25.8 Å². The first kappa shape index (κ1) is 14.7. The molecule has 2 saturated heterocycles. The van der Waals surface area contributed by atoms with Crippen molar-refractivity contribution in [3.63, 3.8) is 0 Å². The van der Waals surface area contributed by atoms with E-state index in [2.05, 4.69) is 0 Å². The molecule has 7 heteroatoms. The molecule has 2 fully saturated rings. The fraction of sp³-hybridized carbons (Fsp3) is 0.917. The maximum absolute atomic E-state index is 12.0. The third-order valence-corrected chi connectivity index (χ3v) is 5.83. The van der Waals surface area contributed by atoms with E-state index in [1.807, 2.05) is 0 Å². The fourth-order valence-electron chi connectivity index (χ4n) is 2.87. The van der Waals surface area contributed by atoms with E-state index in [0.717, 1.165) is 0 Å². The van der Waals surface area contributed by atoms with Gasteiger partial charge in [0.2, 0.25) is 10.0 Å². The SMILES string of the molecule is CCS(=O)(=O)N1CC[C@H]2O[C@@H](C(=O)N(C)C)CC[C@H]21. The summed E-state index contributed by atoms with van der Waals surface area (Å²) in [5.41, 5.74) is 0. The number of amides is 1. The van der Waals surface area contributed by atoms with Crippen LogP contribution in [-0.4, -0.2) is 68.2 Å². The van der Waals surface area contributed by atoms with Crippen molar-refractivity contribution in [2.24, 2.45) is 0 Å². The standard InChI is InChI=1S/C12H22N2O4S/c1-4-19(16,17)14-8-7-10-9(14)5-6-11(18-10)12(15)13(2)3/h9-11H,4-8H2,1-3H3/t9-,10-,11-/m1/s1. The summed E-state index contributed by atoms with van der Waals surface area (Å²) in [7, 11) is 0.253. The van der Waals surface area contributed by atoms with Crippen LogP contribution >= 0.6 is 0 Å². The van der Waals surface area contributed by atoms with Gasteiger partial charge in [-0.05, 0) is 26.2 Å². The number of fused-ring (bicyclic) bond motifs is 1. The lowest BCUT2D eigenvalue weighted by Gasteiger charge is -2.35. The van der Waals surface area contributed by atoms with Crippen molar-refractivity contribution in [3.05, 3.63) is 0 Å². The van der Waals surface area contributed by atoms with Gasteiger partial charge in [0.25, 0.3) is 5.91 Å². The number of rotatable bonds is 3. The van der Waals surface area contributed by atoms with Crippen LogP contribution < -0.4 is 0 Å². The predicted molar refractivity (Wildman–Crippen MR) is 71.2 cm³/mol. The monoisotopic (exact) mass is 290 g/mol. The van der Waals surface area contributed by atoms with E-state index in [1.165, 1.54) is 4.90 Å². The number of hydrogen-bond donors (Lipinski definition) is 0. The molecule has 0 saturated carbocycles. The molecule has 2 aliphatic heterocycles. The molecule has 6 nitrogen and oxygen atoms in total. The zero-order valence-electron chi connectivity index (χ0n) is 11.7. The highest BCUT2D eigenvalue weighted by Crippen LogP contribution is 2.33. The summed E-state index contributed by atoms with van der Waals surface area (Å²) in [6.45, 7) is 2.17. The van der Waals surface area contributed by atoms with Gasteiger partial charge in [-0.1, -0.05) is 0 Å². The van der Waals surface area contributed by atoms with Crippen molar-refractivity contribution in [2.75, 3.05) is 26.4 Å². The van der Waals surface area contributed by atoms with Crippen LogP contribution in [0, 0.1) is 0 Å². The molecule has 0 aromatic rings. The Kier molecular flexibility index (Phi) is 4.17. The average molecular weight is 290 g/mol. The molecule has 0 aliphatic carbocycles. The van der Waals surface area contributed by atoms with Crippen LogP contribution in [0.25, 0.3) is 0 Å². The minimum Gasteiger partial charge on any atom is -0.363 e. The number of hydrogen-bond acceptors (Lipinski definition) is 4. The molecule has 2 aliphatic rings. The van der Waals surface area contributed by atoms with Gasteiger partial charge < -0.3 is 9.64 Å². The number of likely N-dealkylation sites (N-methyl/N-ethyl adjacent to an activating group) is 1. The van der Waals surface area contributed by atoms with Crippen molar-refractivity contribution in [1.82, 2.24) is 9.21 Å². The number of nitrogens with zero attached hydrogens (tertiary/aromatic N) is 2. The van der Waals surface area contributed by atoms with Gasteiger partial charge in [-0.3, -0.25) is 4.79 Å². The first-order valence-electron chi connectivity index (χ1n) is 6.73. The zero-order valence-corrected chi connectivity index (χ0v) is 12.5. The Morgan fingerprint density at radius 3 is 2.58 bits per heavy atom. The summed E-state index contributed by atoms with van der Waals surface area (Å²) in [6, 6.07) is -0.0869. The predicted octanol–water partition coefficient (Wildman–Crippen LogP) is 0.0462. The lowest BCUT2D eigenvalue weighted by Crippen LogP contribution is -2.49. The van der Waals surface area contributed by atoms with Gasteiger partial charge in [-0.25, -0.2) is 8.42 Å². The van der Waals surface area contributed by atoms with Crippen LogP contribution in [0.3, 0.4) is 0 Å². The Morgan fingerprint density at radius 1 is 1.32 bits per heavy atom. The smallest absolute Gasteiger partial charge is 0.251 e. The topological polar surface area (TPSA) is 66.9 Å². The van der Waals surface area contributed by atoms with Crippen LogP contribution in [0.2, 0.25) is 0 Å². The Bertz CT molecular complexity index is 449. The van der Waals surface area contributed by atoms with E-state index < -0.39 is 16.1 Å². The fourth-order valence-corrected chi connectivity index (χ4v) is 4.24. The van der Waals surface area contributed by atoms with Crippen LogP contribution in [0.15, 0.2) is 0 Å². The van der Waals surface area contributed by atoms with Gasteiger partial charge in [0.05, 0.1) is 17.9 Å².